The largest absolute Gasteiger partial charge is 0.445 e. The highest BCUT2D eigenvalue weighted by Gasteiger charge is 2.25. The van der Waals surface area contributed by atoms with E-state index in [1.807, 2.05) is 54.6 Å². The molecule has 0 bridgehead atoms. The minimum absolute atomic E-state index is 0.0168. The van der Waals surface area contributed by atoms with Crippen LogP contribution < -0.4 is 5.32 Å². The van der Waals surface area contributed by atoms with Crippen molar-refractivity contribution in [3.63, 3.8) is 0 Å². The van der Waals surface area contributed by atoms with Gasteiger partial charge in [-0.3, -0.25) is 4.90 Å². The molecule has 0 radical (unpaired) electrons. The van der Waals surface area contributed by atoms with Gasteiger partial charge in [-0.05, 0) is 17.2 Å². The predicted octanol–water partition coefficient (Wildman–Crippen LogP) is 3.64. The molecule has 3 rings (SSSR count). The highest BCUT2D eigenvalue weighted by molar-refractivity contribution is 6.31. The minimum Gasteiger partial charge on any atom is -0.445 e. The van der Waals surface area contributed by atoms with Gasteiger partial charge in [-0.2, -0.15) is 0 Å². The molecule has 0 spiro atoms. The quantitative estimate of drug-likeness (QED) is 0.838. The van der Waals surface area contributed by atoms with Gasteiger partial charge in [-0.15, -0.1) is 0 Å². The summed E-state index contributed by atoms with van der Waals surface area (Å²) in [6, 6.07) is 17.3. The maximum atomic E-state index is 12.1. The Labute approximate surface area is 158 Å². The number of rotatable bonds is 6. The van der Waals surface area contributed by atoms with Gasteiger partial charge in [-0.1, -0.05) is 60.1 Å². The van der Waals surface area contributed by atoms with Crippen molar-refractivity contribution in [2.45, 2.75) is 12.6 Å². The van der Waals surface area contributed by atoms with E-state index in [1.165, 1.54) is 0 Å². The number of ether oxygens (including phenoxy) is 2. The van der Waals surface area contributed by atoms with E-state index < -0.39 is 6.09 Å². The number of nitrogens with one attached hydrogen (secondary N) is 1. The Morgan fingerprint density at radius 1 is 1.12 bits per heavy atom. The number of carbonyl (C=O) groups is 1. The molecule has 0 aliphatic carbocycles. The molecule has 1 aliphatic heterocycles. The first kappa shape index (κ1) is 18.7. The summed E-state index contributed by atoms with van der Waals surface area (Å²) in [4.78, 5) is 14.4. The molecule has 0 saturated carbocycles. The second-order valence-corrected chi connectivity index (χ2v) is 6.54. The molecule has 0 aromatic heterocycles. The minimum atomic E-state index is -0.431. The van der Waals surface area contributed by atoms with E-state index >= 15 is 0 Å². The van der Waals surface area contributed by atoms with E-state index in [0.717, 1.165) is 24.2 Å². The molecule has 1 N–H and O–H groups in total. The molecule has 138 valence electrons. The summed E-state index contributed by atoms with van der Waals surface area (Å²) >= 11 is 6.39. The Balaban J connectivity index is 1.60. The van der Waals surface area contributed by atoms with E-state index in [0.29, 0.717) is 24.8 Å². The zero-order chi connectivity index (χ0) is 18.2. The second kappa shape index (κ2) is 9.57. The molecule has 1 fully saturated rings. The van der Waals surface area contributed by atoms with Crippen LogP contribution >= 0.6 is 11.6 Å². The molecule has 1 unspecified atom stereocenters. The van der Waals surface area contributed by atoms with Crippen LogP contribution in [0.4, 0.5) is 4.79 Å². The molecular weight excluding hydrogens is 352 g/mol. The Morgan fingerprint density at radius 3 is 2.54 bits per heavy atom. The summed E-state index contributed by atoms with van der Waals surface area (Å²) in [5, 5.41) is 3.57. The van der Waals surface area contributed by atoms with E-state index in [2.05, 4.69) is 10.2 Å². The van der Waals surface area contributed by atoms with E-state index in [-0.39, 0.29) is 12.6 Å². The lowest BCUT2D eigenvalue weighted by Crippen LogP contribution is -2.44. The van der Waals surface area contributed by atoms with Crippen molar-refractivity contribution >= 4 is 17.7 Å². The monoisotopic (exact) mass is 374 g/mol. The van der Waals surface area contributed by atoms with Gasteiger partial charge in [0.2, 0.25) is 0 Å². The Hall–Kier alpha value is -2.08. The van der Waals surface area contributed by atoms with Crippen LogP contribution in [0.15, 0.2) is 54.6 Å². The third kappa shape index (κ3) is 5.21. The predicted molar refractivity (Wildman–Crippen MR) is 101 cm³/mol. The average molecular weight is 375 g/mol. The molecule has 6 heteroatoms. The lowest BCUT2D eigenvalue weighted by Gasteiger charge is -2.35. The van der Waals surface area contributed by atoms with Crippen LogP contribution in [0.1, 0.15) is 17.2 Å². The zero-order valence-electron chi connectivity index (χ0n) is 14.6. The Kier molecular flexibility index (Phi) is 6.89. The van der Waals surface area contributed by atoms with Crippen molar-refractivity contribution < 1.29 is 14.3 Å². The number of amides is 1. The van der Waals surface area contributed by atoms with Gasteiger partial charge in [0.1, 0.15) is 6.61 Å². The summed E-state index contributed by atoms with van der Waals surface area (Å²) in [5.41, 5.74) is 1.96. The third-order valence-corrected chi connectivity index (χ3v) is 4.75. The fraction of sp³-hybridized carbons (Fsp3) is 0.350. The first-order chi connectivity index (χ1) is 12.7. The van der Waals surface area contributed by atoms with Gasteiger partial charge in [0, 0.05) is 24.7 Å². The van der Waals surface area contributed by atoms with Crippen LogP contribution in [0.5, 0.6) is 0 Å². The third-order valence-electron chi connectivity index (χ3n) is 4.40. The van der Waals surface area contributed by atoms with Crippen molar-refractivity contribution in [1.29, 1.82) is 0 Å². The van der Waals surface area contributed by atoms with Crippen molar-refractivity contribution in [2.24, 2.45) is 0 Å². The number of hydrogen-bond donors (Lipinski definition) is 1. The fourth-order valence-electron chi connectivity index (χ4n) is 3.02. The molecule has 1 amide bonds. The SMILES string of the molecule is O=C(NCC(c1ccccc1Cl)N1CCOCC1)OCc1ccccc1. The molecule has 1 atom stereocenters. The second-order valence-electron chi connectivity index (χ2n) is 6.13. The zero-order valence-corrected chi connectivity index (χ0v) is 15.3. The normalized spacial score (nSPS) is 16.0. The fourth-order valence-corrected chi connectivity index (χ4v) is 3.29. The summed E-state index contributed by atoms with van der Waals surface area (Å²) < 4.78 is 10.7. The average Bonchev–Trinajstić information content (AvgIpc) is 2.69. The van der Waals surface area contributed by atoms with E-state index in [9.17, 15) is 4.79 Å². The van der Waals surface area contributed by atoms with E-state index in [1.54, 1.807) is 0 Å². The first-order valence-corrected chi connectivity index (χ1v) is 9.12. The van der Waals surface area contributed by atoms with Crippen molar-refractivity contribution in [1.82, 2.24) is 10.2 Å². The number of hydrogen-bond acceptors (Lipinski definition) is 4. The Bertz CT molecular complexity index is 705. The molecule has 2 aromatic carbocycles. The van der Waals surface area contributed by atoms with Crippen LogP contribution in [-0.2, 0) is 16.1 Å². The van der Waals surface area contributed by atoms with Gasteiger partial charge in [0.05, 0.1) is 19.3 Å². The number of morpholine rings is 1. The lowest BCUT2D eigenvalue weighted by molar-refractivity contribution is 0.0160. The molecule has 5 nitrogen and oxygen atoms in total. The van der Waals surface area contributed by atoms with Crippen LogP contribution in [0.2, 0.25) is 5.02 Å². The van der Waals surface area contributed by atoms with Gasteiger partial charge in [0.25, 0.3) is 0 Å². The number of carbonyl (C=O) groups excluding carboxylic acids is 1. The van der Waals surface area contributed by atoms with Crippen LogP contribution in [0, 0.1) is 0 Å². The van der Waals surface area contributed by atoms with E-state index in [4.69, 9.17) is 21.1 Å². The number of nitrogens with zero attached hydrogens (tertiary/aromatic N) is 1. The maximum Gasteiger partial charge on any atom is 0.407 e. The molecule has 2 aromatic rings. The number of alkyl carbamates (subject to hydrolysis) is 1. The maximum absolute atomic E-state index is 12.1. The molecular formula is C20H23ClN2O3. The summed E-state index contributed by atoms with van der Waals surface area (Å²) in [5.74, 6) is 0. The van der Waals surface area contributed by atoms with Gasteiger partial charge in [-0.25, -0.2) is 4.79 Å². The number of halogens is 1. The number of benzene rings is 2. The first-order valence-electron chi connectivity index (χ1n) is 8.75. The Morgan fingerprint density at radius 2 is 1.81 bits per heavy atom. The van der Waals surface area contributed by atoms with Gasteiger partial charge in [0.15, 0.2) is 0 Å². The smallest absolute Gasteiger partial charge is 0.407 e. The molecule has 26 heavy (non-hydrogen) atoms. The van der Waals surface area contributed by atoms with Crippen molar-refractivity contribution in [3.05, 3.63) is 70.7 Å². The highest BCUT2D eigenvalue weighted by atomic mass is 35.5. The molecule has 1 heterocycles. The highest BCUT2D eigenvalue weighted by Crippen LogP contribution is 2.27. The topological polar surface area (TPSA) is 50.8 Å². The summed E-state index contributed by atoms with van der Waals surface area (Å²) in [6.07, 6.45) is -0.431. The van der Waals surface area contributed by atoms with Crippen LogP contribution in [0.3, 0.4) is 0 Å². The van der Waals surface area contributed by atoms with Crippen molar-refractivity contribution in [2.75, 3.05) is 32.8 Å². The summed E-state index contributed by atoms with van der Waals surface area (Å²) in [6.45, 7) is 3.64. The summed E-state index contributed by atoms with van der Waals surface area (Å²) in [7, 11) is 0. The van der Waals surface area contributed by atoms with Gasteiger partial charge >= 0.3 is 6.09 Å². The van der Waals surface area contributed by atoms with Crippen LogP contribution in [0.25, 0.3) is 0 Å². The lowest BCUT2D eigenvalue weighted by atomic mass is 10.0. The molecule has 1 aliphatic rings. The van der Waals surface area contributed by atoms with Crippen LogP contribution in [-0.4, -0.2) is 43.8 Å². The standard InChI is InChI=1S/C20H23ClN2O3/c21-18-9-5-4-8-17(18)19(23-10-12-25-13-11-23)14-22-20(24)26-15-16-6-2-1-3-7-16/h1-9,19H,10-15H2,(H,22,24). The van der Waals surface area contributed by atoms with Crippen molar-refractivity contribution in [3.8, 4) is 0 Å². The van der Waals surface area contributed by atoms with Gasteiger partial charge < -0.3 is 14.8 Å². The molecule has 1 saturated heterocycles.